The Labute approximate surface area is 93.4 Å². The van der Waals surface area contributed by atoms with E-state index in [1.165, 1.54) is 0 Å². The zero-order valence-corrected chi connectivity index (χ0v) is 10.6. The molecule has 1 saturated heterocycles. The van der Waals surface area contributed by atoms with Crippen LogP contribution in [0, 0.1) is 0 Å². The zero-order chi connectivity index (χ0) is 7.83. The Bertz CT molecular complexity index is 119. The van der Waals surface area contributed by atoms with Crippen molar-refractivity contribution >= 4 is 64.5 Å². The summed E-state index contributed by atoms with van der Waals surface area (Å²) in [7, 11) is 0. The molecule has 1 heterocycles. The Morgan fingerprint density at radius 2 is 1.64 bits per heavy atom. The summed E-state index contributed by atoms with van der Waals surface area (Å²) in [6.45, 7) is -2.34. The van der Waals surface area contributed by atoms with Gasteiger partial charge in [0.1, 0.15) is 3.96 Å². The molecule has 0 bridgehead atoms. The van der Waals surface area contributed by atoms with Crippen LogP contribution in [0.25, 0.3) is 0 Å². The molecule has 1 rings (SSSR count). The van der Waals surface area contributed by atoms with Crippen LogP contribution in [0.1, 0.15) is 19.3 Å². The van der Waals surface area contributed by atoms with E-state index in [-0.39, 0.29) is 12.4 Å². The highest BCUT2D eigenvalue weighted by Crippen LogP contribution is 2.48. The first kappa shape index (κ1) is 12.7. The predicted molar refractivity (Wildman–Crippen MR) is 57.8 cm³/mol. The predicted octanol–water partition coefficient (Wildman–Crippen LogP) is 4.23. The van der Waals surface area contributed by atoms with Gasteiger partial charge in [-0.2, -0.15) is 0 Å². The summed E-state index contributed by atoms with van der Waals surface area (Å²) in [5.74, 6) is 0. The van der Waals surface area contributed by atoms with Gasteiger partial charge < -0.3 is 0 Å². The van der Waals surface area contributed by atoms with E-state index in [0.717, 1.165) is 25.3 Å². The minimum Gasteiger partial charge on any atom is -0.147 e. The number of alkyl halides is 2. The molecule has 1 aliphatic rings. The van der Waals surface area contributed by atoms with Crippen LogP contribution in [0.4, 0.5) is 0 Å². The van der Waals surface area contributed by atoms with Crippen molar-refractivity contribution in [2.24, 2.45) is 0 Å². The summed E-state index contributed by atoms with van der Waals surface area (Å²) in [4.78, 5) is 0. The Morgan fingerprint density at radius 1 is 1.09 bits per heavy atom. The fraction of sp³-hybridized carbons (Fsp3) is 1.00. The van der Waals surface area contributed by atoms with Crippen molar-refractivity contribution < 1.29 is 0 Å². The van der Waals surface area contributed by atoms with Crippen molar-refractivity contribution in [2.75, 3.05) is 0 Å². The maximum absolute atomic E-state index is 6.00. The Hall–Kier alpha value is 1.67. The SMILES string of the molecule is Cl.ClC1(Cl)CCCC[Si]1(Cl)Cl. The average Bonchev–Trinajstić information content (AvgIpc) is 1.77. The van der Waals surface area contributed by atoms with Crippen molar-refractivity contribution in [1.29, 1.82) is 0 Å². The highest BCUT2D eigenvalue weighted by molar-refractivity contribution is 7.50. The number of rotatable bonds is 0. The van der Waals surface area contributed by atoms with Crippen LogP contribution in [0.2, 0.25) is 6.04 Å². The van der Waals surface area contributed by atoms with Crippen molar-refractivity contribution in [3.63, 3.8) is 0 Å². The second-order valence-corrected chi connectivity index (χ2v) is 11.9. The minimum absolute atomic E-state index is 0. The molecule has 0 saturated carbocycles. The first-order chi connectivity index (χ1) is 4.46. The van der Waals surface area contributed by atoms with Gasteiger partial charge in [0, 0.05) is 0 Å². The fourth-order valence-corrected chi connectivity index (χ4v) is 4.87. The maximum Gasteiger partial charge on any atom is 0.286 e. The number of hydrogen-bond acceptors (Lipinski definition) is 0. The lowest BCUT2D eigenvalue weighted by molar-refractivity contribution is 0.684. The van der Waals surface area contributed by atoms with Gasteiger partial charge in [-0.05, 0) is 12.5 Å². The van der Waals surface area contributed by atoms with E-state index in [4.69, 9.17) is 45.4 Å². The van der Waals surface area contributed by atoms with E-state index in [2.05, 4.69) is 0 Å². The molecule has 1 aliphatic heterocycles. The molecular weight excluding hydrogens is 265 g/mol. The van der Waals surface area contributed by atoms with Crippen LogP contribution in [0.3, 0.4) is 0 Å². The smallest absolute Gasteiger partial charge is 0.147 e. The first-order valence-corrected chi connectivity index (χ1v) is 8.20. The Kier molecular flexibility index (Phi) is 4.90. The first-order valence-electron chi connectivity index (χ1n) is 3.21. The maximum atomic E-state index is 6.00. The minimum atomic E-state index is -2.34. The van der Waals surface area contributed by atoms with Crippen LogP contribution in [0.15, 0.2) is 0 Å². The molecule has 0 aromatic carbocycles. The van der Waals surface area contributed by atoms with E-state index in [9.17, 15) is 0 Å². The van der Waals surface area contributed by atoms with E-state index in [1.807, 2.05) is 0 Å². The average molecular weight is 274 g/mol. The van der Waals surface area contributed by atoms with Gasteiger partial charge in [0.15, 0.2) is 0 Å². The van der Waals surface area contributed by atoms with Gasteiger partial charge in [0.05, 0.1) is 0 Å². The summed E-state index contributed by atoms with van der Waals surface area (Å²) in [5, 5.41) is 0. The van der Waals surface area contributed by atoms with Gasteiger partial charge in [-0.25, -0.2) is 0 Å². The van der Waals surface area contributed by atoms with E-state index >= 15 is 0 Å². The van der Waals surface area contributed by atoms with Crippen molar-refractivity contribution in [2.45, 2.75) is 29.3 Å². The molecule has 0 aromatic heterocycles. The molecular formula is C5H9Cl5Si. The molecule has 0 unspecified atom stereocenters. The van der Waals surface area contributed by atoms with Crippen LogP contribution in [0.5, 0.6) is 0 Å². The molecule has 0 nitrogen and oxygen atoms in total. The molecule has 0 aliphatic carbocycles. The molecule has 0 radical (unpaired) electrons. The van der Waals surface area contributed by atoms with E-state index in [0.29, 0.717) is 0 Å². The van der Waals surface area contributed by atoms with Gasteiger partial charge >= 0.3 is 0 Å². The van der Waals surface area contributed by atoms with E-state index < -0.39 is 10.7 Å². The standard InChI is InChI=1S/C5H8Cl4Si.ClH/c6-5(7)3-1-2-4-10(5,8)9;/h1-4H2;1H. The van der Waals surface area contributed by atoms with Gasteiger partial charge in [0.25, 0.3) is 6.69 Å². The highest BCUT2D eigenvalue weighted by Gasteiger charge is 2.51. The molecule has 6 heteroatoms. The normalized spacial score (nSPS) is 27.3. The van der Waals surface area contributed by atoms with Gasteiger partial charge in [-0.3, -0.25) is 0 Å². The zero-order valence-electron chi connectivity index (χ0n) is 5.75. The molecule has 0 aromatic rings. The summed E-state index contributed by atoms with van der Waals surface area (Å²) in [6, 6.07) is 0.823. The second-order valence-electron chi connectivity index (χ2n) is 2.62. The second kappa shape index (κ2) is 4.25. The lowest BCUT2D eigenvalue weighted by Gasteiger charge is -2.34. The molecule has 1 fully saturated rings. The van der Waals surface area contributed by atoms with Gasteiger partial charge in [-0.15, -0.1) is 57.8 Å². The lowest BCUT2D eigenvalue weighted by atomic mass is 10.3. The van der Waals surface area contributed by atoms with E-state index in [1.54, 1.807) is 0 Å². The highest BCUT2D eigenvalue weighted by atomic mass is 35.7. The van der Waals surface area contributed by atoms with Crippen molar-refractivity contribution in [1.82, 2.24) is 0 Å². The molecule has 68 valence electrons. The third-order valence-electron chi connectivity index (χ3n) is 1.77. The van der Waals surface area contributed by atoms with Gasteiger partial charge in [0.2, 0.25) is 0 Å². The van der Waals surface area contributed by atoms with Crippen LogP contribution >= 0.6 is 57.8 Å². The van der Waals surface area contributed by atoms with Crippen LogP contribution in [-0.4, -0.2) is 10.7 Å². The third-order valence-corrected chi connectivity index (χ3v) is 10.6. The fourth-order valence-electron chi connectivity index (χ4n) is 1.06. The third kappa shape index (κ3) is 2.82. The van der Waals surface area contributed by atoms with Crippen molar-refractivity contribution in [3.05, 3.63) is 0 Å². The van der Waals surface area contributed by atoms with Crippen LogP contribution in [-0.2, 0) is 0 Å². The lowest BCUT2D eigenvalue weighted by Crippen LogP contribution is -2.44. The van der Waals surface area contributed by atoms with Crippen molar-refractivity contribution in [3.8, 4) is 0 Å². The Morgan fingerprint density at radius 3 is 1.91 bits per heavy atom. The summed E-state index contributed by atoms with van der Waals surface area (Å²) < 4.78 is -0.811. The largest absolute Gasteiger partial charge is 0.286 e. The summed E-state index contributed by atoms with van der Waals surface area (Å²) in [6.07, 6.45) is 2.86. The van der Waals surface area contributed by atoms with Crippen LogP contribution < -0.4 is 0 Å². The molecule has 11 heavy (non-hydrogen) atoms. The molecule has 0 spiro atoms. The molecule has 0 amide bonds. The van der Waals surface area contributed by atoms with Gasteiger partial charge in [-0.1, -0.05) is 12.8 Å². The quantitative estimate of drug-likeness (QED) is 0.352. The topological polar surface area (TPSA) is 0 Å². The Balaban J connectivity index is 0.000001000. The summed E-state index contributed by atoms with van der Waals surface area (Å²) in [5.41, 5.74) is 0. The number of hydrogen-bond donors (Lipinski definition) is 0. The summed E-state index contributed by atoms with van der Waals surface area (Å²) >= 11 is 23.9. The molecule has 0 atom stereocenters. The molecule has 0 N–H and O–H groups in total. The monoisotopic (exact) mass is 272 g/mol. The number of halogens is 5.